The molecule has 0 bridgehead atoms. The molecule has 0 saturated heterocycles. The summed E-state index contributed by atoms with van der Waals surface area (Å²) >= 11 is 0. The van der Waals surface area contributed by atoms with Crippen LogP contribution in [-0.2, 0) is 16.7 Å². The average Bonchev–Trinajstić information content (AvgIpc) is 3.71. The smallest absolute Gasteiger partial charge is 0.340 e. The zero-order chi connectivity index (χ0) is 24.5. The third-order valence-electron chi connectivity index (χ3n) is 7.92. The van der Waals surface area contributed by atoms with Gasteiger partial charge in [-0.2, -0.15) is 0 Å². The summed E-state index contributed by atoms with van der Waals surface area (Å²) in [6.45, 7) is 7.99. The number of carbonyl (C=O) groups is 1. The molecule has 2 atom stereocenters. The lowest BCUT2D eigenvalue weighted by Crippen LogP contribution is -2.39. The Morgan fingerprint density at radius 1 is 1.11 bits per heavy atom. The minimum atomic E-state index is -0.593. The van der Waals surface area contributed by atoms with Gasteiger partial charge in [0.1, 0.15) is 11.4 Å². The largest absolute Gasteiger partial charge is 0.488 e. The van der Waals surface area contributed by atoms with Gasteiger partial charge in [-0.25, -0.2) is 4.79 Å². The predicted molar refractivity (Wildman–Crippen MR) is 132 cm³/mol. The maximum absolute atomic E-state index is 12.5. The van der Waals surface area contributed by atoms with Crippen LogP contribution in [-0.4, -0.2) is 32.6 Å². The highest BCUT2D eigenvalue weighted by atomic mass is 16.6. The van der Waals surface area contributed by atoms with Gasteiger partial charge in [0.25, 0.3) is 0 Å². The van der Waals surface area contributed by atoms with Crippen molar-refractivity contribution in [1.29, 1.82) is 0 Å². The van der Waals surface area contributed by atoms with E-state index in [1.54, 1.807) is 0 Å². The number of esters is 1. The zero-order valence-corrected chi connectivity index (χ0v) is 20.8. The summed E-state index contributed by atoms with van der Waals surface area (Å²) in [5, 5.41) is 1.96. The standard InChI is InChI=1S/C28H32N4O3/c1-15-24-20(26(33)35-27(15,2)3)10-7-17(32-24)11-18-12-21-22(13-30-18)23(34-19-8-9-19)14-31-25(21)28(4,29)16-5-6-16/h7,10,12-16,19H,5-6,8-9,11,29H2,1-4H3/t15-,28-/m1/s1. The van der Waals surface area contributed by atoms with Gasteiger partial charge in [-0.15, -0.1) is 0 Å². The Labute approximate surface area is 205 Å². The van der Waals surface area contributed by atoms with Crippen molar-refractivity contribution in [2.45, 2.75) is 83.0 Å². The Hall–Kier alpha value is -3.06. The predicted octanol–water partition coefficient (Wildman–Crippen LogP) is 4.79. The number of carbonyl (C=O) groups excluding carboxylic acids is 1. The first-order chi connectivity index (χ1) is 16.6. The van der Waals surface area contributed by atoms with Crippen LogP contribution >= 0.6 is 0 Å². The van der Waals surface area contributed by atoms with Gasteiger partial charge in [-0.1, -0.05) is 6.92 Å². The minimum absolute atomic E-state index is 0.00543. The fourth-order valence-electron chi connectivity index (χ4n) is 5.03. The molecule has 0 spiro atoms. The first kappa shape index (κ1) is 22.4. The Morgan fingerprint density at radius 3 is 2.60 bits per heavy atom. The molecule has 6 rings (SSSR count). The van der Waals surface area contributed by atoms with E-state index in [0.29, 0.717) is 17.9 Å². The van der Waals surface area contributed by atoms with Crippen LogP contribution in [0.5, 0.6) is 5.75 Å². The molecule has 1 aliphatic heterocycles. The van der Waals surface area contributed by atoms with Crippen molar-refractivity contribution in [2.75, 3.05) is 0 Å². The van der Waals surface area contributed by atoms with Crippen LogP contribution < -0.4 is 10.5 Å². The maximum Gasteiger partial charge on any atom is 0.340 e. The number of nitrogens with two attached hydrogens (primary N) is 1. The van der Waals surface area contributed by atoms with Crippen molar-refractivity contribution in [1.82, 2.24) is 15.0 Å². The molecular weight excluding hydrogens is 440 g/mol. The number of hydrogen-bond acceptors (Lipinski definition) is 7. The monoisotopic (exact) mass is 472 g/mol. The molecule has 2 saturated carbocycles. The lowest BCUT2D eigenvalue weighted by atomic mass is 9.84. The Morgan fingerprint density at radius 2 is 1.89 bits per heavy atom. The normalized spacial score (nSPS) is 22.9. The van der Waals surface area contributed by atoms with Gasteiger partial charge in [0.05, 0.1) is 34.8 Å². The SMILES string of the molecule is C[C@@H]1c2nc(Cc3cc4c([C@](C)(N)C5CC5)ncc(OC5CC5)c4cn3)ccc2C(=O)OC1(C)C. The van der Waals surface area contributed by atoms with Gasteiger partial charge in [-0.3, -0.25) is 15.0 Å². The van der Waals surface area contributed by atoms with Gasteiger partial charge in [0.15, 0.2) is 0 Å². The molecule has 0 radical (unpaired) electrons. The first-order valence-electron chi connectivity index (χ1n) is 12.6. The average molecular weight is 473 g/mol. The molecule has 2 N–H and O–H groups in total. The molecular formula is C28H32N4O3. The highest BCUT2D eigenvalue weighted by Crippen LogP contribution is 2.46. The molecule has 3 aliphatic rings. The van der Waals surface area contributed by atoms with Gasteiger partial charge in [0, 0.05) is 40.7 Å². The molecule has 3 aromatic rings. The molecule has 4 heterocycles. The van der Waals surface area contributed by atoms with Crippen molar-refractivity contribution in [3.8, 4) is 5.75 Å². The van der Waals surface area contributed by atoms with Gasteiger partial charge >= 0.3 is 5.97 Å². The molecule has 7 nitrogen and oxygen atoms in total. The van der Waals surface area contributed by atoms with Crippen LogP contribution in [0, 0.1) is 5.92 Å². The number of rotatable bonds is 6. The van der Waals surface area contributed by atoms with E-state index in [-0.39, 0.29) is 18.0 Å². The summed E-state index contributed by atoms with van der Waals surface area (Å²) in [6, 6.07) is 5.80. The molecule has 2 fully saturated rings. The van der Waals surface area contributed by atoms with Crippen molar-refractivity contribution >= 4 is 16.7 Å². The summed E-state index contributed by atoms with van der Waals surface area (Å²) in [5.74, 6) is 0.900. The zero-order valence-electron chi connectivity index (χ0n) is 20.8. The lowest BCUT2D eigenvalue weighted by molar-refractivity contribution is -0.0190. The van der Waals surface area contributed by atoms with E-state index >= 15 is 0 Å². The number of ether oxygens (including phenoxy) is 2. The van der Waals surface area contributed by atoms with Crippen LogP contribution in [0.3, 0.4) is 0 Å². The lowest BCUT2D eigenvalue weighted by Gasteiger charge is -2.36. The molecule has 0 unspecified atom stereocenters. The Balaban J connectivity index is 1.39. The van der Waals surface area contributed by atoms with E-state index in [2.05, 4.69) is 19.9 Å². The summed E-state index contributed by atoms with van der Waals surface area (Å²) in [4.78, 5) is 26.9. The quantitative estimate of drug-likeness (QED) is 0.515. The second-order valence-corrected chi connectivity index (χ2v) is 11.2. The van der Waals surface area contributed by atoms with E-state index in [4.69, 9.17) is 30.2 Å². The third-order valence-corrected chi connectivity index (χ3v) is 7.92. The molecule has 0 aromatic carbocycles. The molecule has 2 aliphatic carbocycles. The topological polar surface area (TPSA) is 100 Å². The van der Waals surface area contributed by atoms with E-state index < -0.39 is 11.1 Å². The minimum Gasteiger partial charge on any atom is -0.488 e. The summed E-state index contributed by atoms with van der Waals surface area (Å²) in [7, 11) is 0. The van der Waals surface area contributed by atoms with Gasteiger partial charge in [0.2, 0.25) is 0 Å². The molecule has 0 amide bonds. The highest BCUT2D eigenvalue weighted by molar-refractivity contribution is 5.92. The third kappa shape index (κ3) is 3.96. The summed E-state index contributed by atoms with van der Waals surface area (Å²) in [5.41, 5.74) is 9.72. The van der Waals surface area contributed by atoms with E-state index in [9.17, 15) is 4.79 Å². The van der Waals surface area contributed by atoms with Crippen LogP contribution in [0.1, 0.15) is 92.4 Å². The Bertz CT molecular complexity index is 1340. The first-order valence-corrected chi connectivity index (χ1v) is 12.6. The van der Waals surface area contributed by atoms with E-state index in [1.165, 1.54) is 0 Å². The number of hydrogen-bond donors (Lipinski definition) is 1. The van der Waals surface area contributed by atoms with Crippen molar-refractivity contribution < 1.29 is 14.3 Å². The van der Waals surface area contributed by atoms with Crippen LogP contribution in [0.2, 0.25) is 0 Å². The second kappa shape index (κ2) is 7.72. The molecule has 182 valence electrons. The number of pyridine rings is 3. The molecule has 3 aromatic heterocycles. The fraction of sp³-hybridized carbons (Fsp3) is 0.500. The van der Waals surface area contributed by atoms with Crippen molar-refractivity contribution in [3.05, 3.63) is 58.9 Å². The van der Waals surface area contributed by atoms with Crippen LogP contribution in [0.4, 0.5) is 0 Å². The summed E-state index contributed by atoms with van der Waals surface area (Å²) in [6.07, 6.45) is 8.95. The number of cyclic esters (lactones) is 1. The number of fused-ring (bicyclic) bond motifs is 2. The van der Waals surface area contributed by atoms with Crippen LogP contribution in [0.25, 0.3) is 10.8 Å². The van der Waals surface area contributed by atoms with Crippen molar-refractivity contribution in [3.63, 3.8) is 0 Å². The summed E-state index contributed by atoms with van der Waals surface area (Å²) < 4.78 is 11.8. The number of aromatic nitrogens is 3. The Kier molecular flexibility index (Phi) is 4.94. The van der Waals surface area contributed by atoms with E-state index in [1.807, 2.05) is 38.4 Å². The molecule has 7 heteroatoms. The van der Waals surface area contributed by atoms with Crippen LogP contribution in [0.15, 0.2) is 30.6 Å². The highest BCUT2D eigenvalue weighted by Gasteiger charge is 2.42. The van der Waals surface area contributed by atoms with E-state index in [0.717, 1.165) is 65.0 Å². The molecule has 35 heavy (non-hydrogen) atoms. The van der Waals surface area contributed by atoms with Crippen molar-refractivity contribution in [2.24, 2.45) is 11.7 Å². The number of nitrogens with zero attached hydrogens (tertiary/aromatic N) is 3. The van der Waals surface area contributed by atoms with Gasteiger partial charge < -0.3 is 15.2 Å². The second-order valence-electron chi connectivity index (χ2n) is 11.2. The fourth-order valence-corrected chi connectivity index (χ4v) is 5.03. The maximum atomic E-state index is 12.5. The van der Waals surface area contributed by atoms with Gasteiger partial charge in [-0.05, 0) is 70.6 Å².